The molecule has 0 aromatic carbocycles. The standard InChI is InChI=1S/C10H6ClFN2O/c11-8-2-1-5-14(15)10(8)9-6-7(12)3-4-13-9/h1-6H. The molecule has 0 saturated heterocycles. The van der Waals surface area contributed by atoms with Crippen LogP contribution in [0.1, 0.15) is 0 Å². The molecule has 0 aliphatic heterocycles. The van der Waals surface area contributed by atoms with Gasteiger partial charge in [-0.25, -0.2) is 9.37 Å². The molecule has 0 aliphatic rings. The molecule has 0 saturated carbocycles. The van der Waals surface area contributed by atoms with Crippen molar-refractivity contribution in [3.63, 3.8) is 0 Å². The Labute approximate surface area is 90.4 Å². The van der Waals surface area contributed by atoms with Crippen molar-refractivity contribution in [2.45, 2.75) is 0 Å². The molecule has 0 bridgehead atoms. The molecule has 0 N–H and O–H groups in total. The van der Waals surface area contributed by atoms with Gasteiger partial charge in [-0.1, -0.05) is 11.6 Å². The highest BCUT2D eigenvalue weighted by Gasteiger charge is 2.15. The molecule has 15 heavy (non-hydrogen) atoms. The van der Waals surface area contributed by atoms with E-state index in [1.165, 1.54) is 24.5 Å². The van der Waals surface area contributed by atoms with Crippen LogP contribution in [-0.4, -0.2) is 4.98 Å². The normalized spacial score (nSPS) is 10.3. The molecule has 0 amide bonds. The smallest absolute Gasteiger partial charge is 0.261 e. The molecule has 0 aliphatic carbocycles. The number of hydrogen-bond donors (Lipinski definition) is 0. The summed E-state index contributed by atoms with van der Waals surface area (Å²) in [7, 11) is 0. The fraction of sp³-hybridized carbons (Fsp3) is 0. The first-order valence-electron chi connectivity index (χ1n) is 4.18. The molecule has 0 unspecified atom stereocenters. The molecule has 0 radical (unpaired) electrons. The van der Waals surface area contributed by atoms with Crippen LogP contribution in [-0.2, 0) is 0 Å². The fourth-order valence-electron chi connectivity index (χ4n) is 1.23. The lowest BCUT2D eigenvalue weighted by atomic mass is 10.2. The molecule has 76 valence electrons. The average Bonchev–Trinajstić information content (AvgIpc) is 2.17. The van der Waals surface area contributed by atoms with E-state index in [2.05, 4.69) is 4.98 Å². The number of hydrogen-bond acceptors (Lipinski definition) is 2. The van der Waals surface area contributed by atoms with Crippen LogP contribution < -0.4 is 4.73 Å². The summed E-state index contributed by atoms with van der Waals surface area (Å²) in [6.45, 7) is 0. The van der Waals surface area contributed by atoms with Crippen molar-refractivity contribution in [1.82, 2.24) is 4.98 Å². The molecule has 0 fully saturated rings. The van der Waals surface area contributed by atoms with E-state index in [0.29, 0.717) is 4.73 Å². The Morgan fingerprint density at radius 3 is 2.87 bits per heavy atom. The summed E-state index contributed by atoms with van der Waals surface area (Å²) in [5, 5.41) is 11.7. The van der Waals surface area contributed by atoms with Crippen LogP contribution >= 0.6 is 11.6 Å². The van der Waals surface area contributed by atoms with Gasteiger partial charge in [0.25, 0.3) is 5.69 Å². The molecule has 0 atom stereocenters. The van der Waals surface area contributed by atoms with Crippen molar-refractivity contribution >= 4 is 11.6 Å². The highest BCUT2D eigenvalue weighted by molar-refractivity contribution is 6.32. The fourth-order valence-corrected chi connectivity index (χ4v) is 1.49. The second-order valence-electron chi connectivity index (χ2n) is 2.89. The Morgan fingerprint density at radius 1 is 1.40 bits per heavy atom. The van der Waals surface area contributed by atoms with Gasteiger partial charge in [-0.15, -0.1) is 0 Å². The topological polar surface area (TPSA) is 39.8 Å². The Kier molecular flexibility index (Phi) is 2.51. The number of rotatable bonds is 1. The Balaban J connectivity index is 2.63. The molecule has 0 spiro atoms. The Bertz CT molecular complexity index is 484. The molecule has 3 nitrogen and oxygen atoms in total. The van der Waals surface area contributed by atoms with Crippen molar-refractivity contribution in [2.75, 3.05) is 0 Å². The van der Waals surface area contributed by atoms with Crippen LogP contribution in [0, 0.1) is 11.0 Å². The zero-order chi connectivity index (χ0) is 10.8. The van der Waals surface area contributed by atoms with Crippen LogP contribution in [0.15, 0.2) is 36.7 Å². The van der Waals surface area contributed by atoms with E-state index >= 15 is 0 Å². The molecule has 2 aromatic rings. The SMILES string of the molecule is [O-][n+]1cccc(Cl)c1-c1cc(F)ccn1. The first-order chi connectivity index (χ1) is 7.18. The third-order valence-corrected chi connectivity index (χ3v) is 2.18. The first kappa shape index (κ1) is 9.86. The molecule has 2 aromatic heterocycles. The van der Waals surface area contributed by atoms with Crippen LogP contribution in [0.5, 0.6) is 0 Å². The molecular weight excluding hydrogens is 219 g/mol. The van der Waals surface area contributed by atoms with E-state index in [1.54, 1.807) is 6.07 Å². The largest absolute Gasteiger partial charge is 0.618 e. The van der Waals surface area contributed by atoms with Crippen molar-refractivity contribution in [1.29, 1.82) is 0 Å². The molecular formula is C10H6ClFN2O. The van der Waals surface area contributed by atoms with Crippen LogP contribution in [0.25, 0.3) is 11.4 Å². The maximum atomic E-state index is 12.9. The molecule has 2 heterocycles. The maximum Gasteiger partial charge on any atom is 0.261 e. The van der Waals surface area contributed by atoms with Gasteiger partial charge in [-0.05, 0) is 12.1 Å². The lowest BCUT2D eigenvalue weighted by Crippen LogP contribution is -2.28. The zero-order valence-corrected chi connectivity index (χ0v) is 8.28. The van der Waals surface area contributed by atoms with Crippen molar-refractivity contribution < 1.29 is 9.12 Å². The quantitative estimate of drug-likeness (QED) is 0.550. The highest BCUT2D eigenvalue weighted by atomic mass is 35.5. The summed E-state index contributed by atoms with van der Waals surface area (Å²) >= 11 is 5.83. The lowest BCUT2D eigenvalue weighted by molar-refractivity contribution is -0.593. The van der Waals surface area contributed by atoms with Crippen LogP contribution in [0.2, 0.25) is 5.02 Å². The number of aromatic nitrogens is 2. The van der Waals surface area contributed by atoms with Gasteiger partial charge in [0, 0.05) is 18.3 Å². The van der Waals surface area contributed by atoms with Gasteiger partial charge in [0.2, 0.25) is 0 Å². The van der Waals surface area contributed by atoms with Gasteiger partial charge < -0.3 is 5.21 Å². The summed E-state index contributed by atoms with van der Waals surface area (Å²) < 4.78 is 13.5. The minimum absolute atomic E-state index is 0.152. The van der Waals surface area contributed by atoms with Gasteiger partial charge in [-0.3, -0.25) is 0 Å². The van der Waals surface area contributed by atoms with Gasteiger partial charge in [-0.2, -0.15) is 4.73 Å². The van der Waals surface area contributed by atoms with E-state index in [4.69, 9.17) is 11.6 Å². The predicted molar refractivity (Wildman–Crippen MR) is 53.6 cm³/mol. The third kappa shape index (κ3) is 1.89. The number of halogens is 2. The summed E-state index contributed by atoms with van der Waals surface area (Å²) in [6.07, 6.45) is 2.57. The van der Waals surface area contributed by atoms with Crippen LogP contribution in [0.3, 0.4) is 0 Å². The monoisotopic (exact) mass is 224 g/mol. The third-order valence-electron chi connectivity index (χ3n) is 1.88. The van der Waals surface area contributed by atoms with E-state index in [1.807, 2.05) is 0 Å². The van der Waals surface area contributed by atoms with Gasteiger partial charge in [0.1, 0.15) is 16.5 Å². The van der Waals surface area contributed by atoms with E-state index in [9.17, 15) is 9.60 Å². The Morgan fingerprint density at radius 2 is 2.20 bits per heavy atom. The molecule has 5 heteroatoms. The summed E-state index contributed by atoms with van der Waals surface area (Å²) in [6, 6.07) is 5.43. The summed E-state index contributed by atoms with van der Waals surface area (Å²) in [5.41, 5.74) is 0.370. The van der Waals surface area contributed by atoms with Crippen molar-refractivity contribution in [3.8, 4) is 11.4 Å². The van der Waals surface area contributed by atoms with Gasteiger partial charge in [0.05, 0.1) is 0 Å². The summed E-state index contributed by atoms with van der Waals surface area (Å²) in [5.74, 6) is -0.458. The Hall–Kier alpha value is -1.68. The second-order valence-corrected chi connectivity index (χ2v) is 3.30. The average molecular weight is 225 g/mol. The predicted octanol–water partition coefficient (Wildman–Crippen LogP) is 2.17. The second kappa shape index (κ2) is 3.82. The van der Waals surface area contributed by atoms with E-state index < -0.39 is 5.82 Å². The van der Waals surface area contributed by atoms with Crippen molar-refractivity contribution in [3.05, 3.63) is 52.7 Å². The van der Waals surface area contributed by atoms with Gasteiger partial charge in [0.15, 0.2) is 6.20 Å². The minimum Gasteiger partial charge on any atom is -0.618 e. The van der Waals surface area contributed by atoms with Crippen molar-refractivity contribution in [2.24, 2.45) is 0 Å². The van der Waals surface area contributed by atoms with Crippen LogP contribution in [0.4, 0.5) is 4.39 Å². The number of nitrogens with zero attached hydrogens (tertiary/aromatic N) is 2. The molecule has 2 rings (SSSR count). The highest BCUT2D eigenvalue weighted by Crippen LogP contribution is 2.21. The number of pyridine rings is 2. The summed E-state index contributed by atoms with van der Waals surface area (Å²) in [4.78, 5) is 3.89. The maximum absolute atomic E-state index is 12.9. The van der Waals surface area contributed by atoms with E-state index in [0.717, 1.165) is 6.07 Å². The van der Waals surface area contributed by atoms with E-state index in [-0.39, 0.29) is 16.4 Å². The zero-order valence-electron chi connectivity index (χ0n) is 7.52. The minimum atomic E-state index is -0.458. The van der Waals surface area contributed by atoms with Gasteiger partial charge >= 0.3 is 0 Å². The first-order valence-corrected chi connectivity index (χ1v) is 4.56. The lowest BCUT2D eigenvalue weighted by Gasteiger charge is -2.04.